The first-order valence-electron chi connectivity index (χ1n) is 9.68. The zero-order valence-corrected chi connectivity index (χ0v) is 16.3. The lowest BCUT2D eigenvalue weighted by atomic mass is 9.95. The average Bonchev–Trinajstić information content (AvgIpc) is 2.73. The Hall–Kier alpha value is -3.08. The van der Waals surface area contributed by atoms with Gasteiger partial charge >= 0.3 is 0 Å². The molecule has 1 saturated heterocycles. The molecule has 2 aromatic rings. The molecule has 2 N–H and O–H groups in total. The van der Waals surface area contributed by atoms with Crippen LogP contribution in [0.4, 0.5) is 11.4 Å². The van der Waals surface area contributed by atoms with Crippen LogP contribution in [0.1, 0.15) is 24.0 Å². The maximum atomic E-state index is 12.7. The van der Waals surface area contributed by atoms with Crippen LogP contribution < -0.4 is 10.6 Å². The Morgan fingerprint density at radius 3 is 2.39 bits per heavy atom. The molecule has 146 valence electrons. The van der Waals surface area contributed by atoms with Crippen molar-refractivity contribution in [2.45, 2.75) is 26.3 Å². The van der Waals surface area contributed by atoms with E-state index in [1.807, 2.05) is 36.4 Å². The van der Waals surface area contributed by atoms with E-state index in [1.165, 1.54) is 17.2 Å². The molecule has 0 aliphatic carbocycles. The van der Waals surface area contributed by atoms with Crippen molar-refractivity contribution in [2.24, 2.45) is 5.92 Å². The first kappa shape index (κ1) is 19.7. The van der Waals surface area contributed by atoms with Crippen LogP contribution in [-0.4, -0.2) is 29.8 Å². The van der Waals surface area contributed by atoms with Crippen molar-refractivity contribution in [3.05, 3.63) is 72.3 Å². The minimum atomic E-state index is -0.0849. The number of nitrogens with zero attached hydrogens (tertiary/aromatic N) is 1. The van der Waals surface area contributed by atoms with Crippen LogP contribution in [0.2, 0.25) is 0 Å². The fourth-order valence-corrected chi connectivity index (χ4v) is 3.47. The van der Waals surface area contributed by atoms with Crippen LogP contribution in [0.15, 0.2) is 61.2 Å². The second kappa shape index (κ2) is 9.22. The van der Waals surface area contributed by atoms with Crippen LogP contribution in [-0.2, 0) is 16.1 Å². The molecule has 1 fully saturated rings. The number of para-hydroxylation sites is 2. The lowest BCUT2D eigenvalue weighted by Gasteiger charge is -2.30. The zero-order valence-electron chi connectivity index (χ0n) is 16.3. The van der Waals surface area contributed by atoms with E-state index in [2.05, 4.69) is 36.3 Å². The summed E-state index contributed by atoms with van der Waals surface area (Å²) in [6.07, 6.45) is 2.67. The molecule has 0 radical (unpaired) electrons. The Morgan fingerprint density at radius 2 is 1.71 bits per heavy atom. The molecular formula is C23H27N3O2. The molecule has 28 heavy (non-hydrogen) atoms. The molecule has 0 spiro atoms. The lowest BCUT2D eigenvalue weighted by Crippen LogP contribution is -2.40. The molecule has 0 bridgehead atoms. The quantitative estimate of drug-likeness (QED) is 0.749. The average molecular weight is 377 g/mol. The number of piperidine rings is 1. The van der Waals surface area contributed by atoms with Crippen molar-refractivity contribution in [3.8, 4) is 0 Å². The molecule has 0 atom stereocenters. The number of carbonyl (C=O) groups is 2. The third-order valence-corrected chi connectivity index (χ3v) is 5.27. The summed E-state index contributed by atoms with van der Waals surface area (Å²) in [4.78, 5) is 26.2. The number of rotatable bonds is 6. The van der Waals surface area contributed by atoms with E-state index in [1.54, 1.807) is 4.90 Å². The minimum Gasteiger partial charge on any atom is -0.379 e. The predicted octanol–water partition coefficient (Wildman–Crippen LogP) is 3.97. The van der Waals surface area contributed by atoms with Gasteiger partial charge < -0.3 is 15.5 Å². The third-order valence-electron chi connectivity index (χ3n) is 5.27. The van der Waals surface area contributed by atoms with Crippen LogP contribution in [0.25, 0.3) is 0 Å². The number of hydrogen-bond acceptors (Lipinski definition) is 3. The monoisotopic (exact) mass is 377 g/mol. The Balaban J connectivity index is 1.60. The van der Waals surface area contributed by atoms with E-state index in [0.29, 0.717) is 32.5 Å². The van der Waals surface area contributed by atoms with Crippen molar-refractivity contribution in [1.82, 2.24) is 4.90 Å². The van der Waals surface area contributed by atoms with Gasteiger partial charge in [0.25, 0.3) is 0 Å². The second-order valence-electron chi connectivity index (χ2n) is 7.12. The highest BCUT2D eigenvalue weighted by Gasteiger charge is 2.26. The Kier molecular flexibility index (Phi) is 6.48. The van der Waals surface area contributed by atoms with Gasteiger partial charge in [-0.15, -0.1) is 0 Å². The first-order chi connectivity index (χ1) is 13.6. The zero-order chi connectivity index (χ0) is 19.9. The number of anilines is 2. The fraction of sp³-hybridized carbons (Fsp3) is 0.304. The number of carbonyl (C=O) groups excluding carboxylic acids is 2. The summed E-state index contributed by atoms with van der Waals surface area (Å²) in [6, 6.07) is 16.0. The summed E-state index contributed by atoms with van der Waals surface area (Å²) in [5.41, 5.74) is 4.14. The molecule has 0 aromatic heterocycles. The number of nitrogens with one attached hydrogen (secondary N) is 2. The maximum Gasteiger partial charge on any atom is 0.245 e. The van der Waals surface area contributed by atoms with Crippen LogP contribution in [0, 0.1) is 12.8 Å². The molecule has 2 amide bonds. The number of hydrogen-bond donors (Lipinski definition) is 2. The van der Waals surface area contributed by atoms with Crippen molar-refractivity contribution < 1.29 is 9.59 Å². The molecule has 2 aromatic carbocycles. The van der Waals surface area contributed by atoms with Gasteiger partial charge in [0.1, 0.15) is 0 Å². The van der Waals surface area contributed by atoms with Crippen molar-refractivity contribution in [1.29, 1.82) is 0 Å². The molecule has 1 aliphatic heterocycles. The highest BCUT2D eigenvalue weighted by atomic mass is 16.2. The van der Waals surface area contributed by atoms with Gasteiger partial charge in [0, 0.05) is 25.6 Å². The summed E-state index contributed by atoms with van der Waals surface area (Å²) >= 11 is 0. The van der Waals surface area contributed by atoms with Crippen LogP contribution in [0.3, 0.4) is 0 Å². The van der Waals surface area contributed by atoms with Gasteiger partial charge in [-0.05, 0) is 49.1 Å². The highest BCUT2D eigenvalue weighted by molar-refractivity contribution is 5.96. The SMILES string of the molecule is C=CC(=O)N1CCC(C(=O)Nc2ccccc2NCc2ccccc2C)CC1. The molecule has 0 saturated carbocycles. The summed E-state index contributed by atoms with van der Waals surface area (Å²) in [6.45, 7) is 7.50. The summed E-state index contributed by atoms with van der Waals surface area (Å²) in [5.74, 6) is -0.140. The smallest absolute Gasteiger partial charge is 0.245 e. The van der Waals surface area contributed by atoms with E-state index in [9.17, 15) is 9.59 Å². The number of amides is 2. The minimum absolute atomic E-state index is 0.0100. The molecule has 5 heteroatoms. The Morgan fingerprint density at radius 1 is 1.07 bits per heavy atom. The first-order valence-corrected chi connectivity index (χ1v) is 9.68. The van der Waals surface area contributed by atoms with E-state index >= 15 is 0 Å². The second-order valence-corrected chi connectivity index (χ2v) is 7.12. The normalized spacial score (nSPS) is 14.4. The van der Waals surface area contributed by atoms with Gasteiger partial charge in [0.15, 0.2) is 0 Å². The number of aryl methyl sites for hydroxylation is 1. The Labute approximate surface area is 166 Å². The van der Waals surface area contributed by atoms with Gasteiger partial charge in [0.2, 0.25) is 11.8 Å². The van der Waals surface area contributed by atoms with Crippen molar-refractivity contribution in [2.75, 3.05) is 23.7 Å². The standard InChI is InChI=1S/C23H27N3O2/c1-3-22(27)26-14-12-18(13-15-26)23(28)25-21-11-7-6-10-20(21)24-16-19-9-5-4-8-17(19)2/h3-11,18,24H,1,12-16H2,2H3,(H,25,28). The summed E-state index contributed by atoms with van der Waals surface area (Å²) in [7, 11) is 0. The van der Waals surface area contributed by atoms with Crippen LogP contribution in [0.5, 0.6) is 0 Å². The van der Waals surface area contributed by atoms with E-state index in [-0.39, 0.29) is 17.7 Å². The van der Waals surface area contributed by atoms with E-state index < -0.39 is 0 Å². The molecule has 0 unspecified atom stereocenters. The van der Waals surface area contributed by atoms with Crippen molar-refractivity contribution >= 4 is 23.2 Å². The lowest BCUT2D eigenvalue weighted by molar-refractivity contribution is -0.130. The molecule has 1 heterocycles. The topological polar surface area (TPSA) is 61.4 Å². The largest absolute Gasteiger partial charge is 0.379 e. The van der Waals surface area contributed by atoms with Gasteiger partial charge in [-0.2, -0.15) is 0 Å². The Bertz CT molecular complexity index is 854. The highest BCUT2D eigenvalue weighted by Crippen LogP contribution is 2.25. The maximum absolute atomic E-state index is 12.7. The number of likely N-dealkylation sites (tertiary alicyclic amines) is 1. The fourth-order valence-electron chi connectivity index (χ4n) is 3.47. The van der Waals surface area contributed by atoms with Gasteiger partial charge in [-0.25, -0.2) is 0 Å². The van der Waals surface area contributed by atoms with Crippen LogP contribution >= 0.6 is 0 Å². The number of benzene rings is 2. The van der Waals surface area contributed by atoms with Gasteiger partial charge in [-0.1, -0.05) is 43.0 Å². The summed E-state index contributed by atoms with van der Waals surface area (Å²) in [5, 5.41) is 6.49. The molecule has 5 nitrogen and oxygen atoms in total. The van der Waals surface area contributed by atoms with Crippen molar-refractivity contribution in [3.63, 3.8) is 0 Å². The van der Waals surface area contributed by atoms with E-state index in [4.69, 9.17) is 0 Å². The van der Waals surface area contributed by atoms with Gasteiger partial charge in [-0.3, -0.25) is 9.59 Å². The summed E-state index contributed by atoms with van der Waals surface area (Å²) < 4.78 is 0. The molecule has 1 aliphatic rings. The van der Waals surface area contributed by atoms with Gasteiger partial charge in [0.05, 0.1) is 11.4 Å². The molecular weight excluding hydrogens is 350 g/mol. The third kappa shape index (κ3) is 4.80. The van der Waals surface area contributed by atoms with E-state index in [0.717, 1.165) is 11.4 Å². The predicted molar refractivity (Wildman–Crippen MR) is 113 cm³/mol. The molecule has 3 rings (SSSR count).